The van der Waals surface area contributed by atoms with Gasteiger partial charge in [-0.2, -0.15) is 0 Å². The fourth-order valence-electron chi connectivity index (χ4n) is 4.22. The third-order valence-electron chi connectivity index (χ3n) is 5.90. The molecule has 13 heteroatoms. The number of rotatable bonds is 6. The maximum Gasteiger partial charge on any atom is 0.414 e. The zero-order valence-electron chi connectivity index (χ0n) is 19.9. The summed E-state index contributed by atoms with van der Waals surface area (Å²) in [4.78, 5) is 32.2. The molecule has 1 aliphatic rings. The van der Waals surface area contributed by atoms with Crippen LogP contribution in [0.5, 0.6) is 0 Å². The van der Waals surface area contributed by atoms with Crippen LogP contribution in [0.1, 0.15) is 6.92 Å². The summed E-state index contributed by atoms with van der Waals surface area (Å²) in [7, 11) is 1.41. The zero-order chi connectivity index (χ0) is 25.8. The molecule has 0 spiro atoms. The van der Waals surface area contributed by atoms with E-state index >= 15 is 8.78 Å². The number of thiocarbonyl (C=S) groups is 1. The van der Waals surface area contributed by atoms with Crippen molar-refractivity contribution in [2.45, 2.75) is 20.0 Å². The smallest absolute Gasteiger partial charge is 0.414 e. The third-order valence-corrected chi connectivity index (χ3v) is 6.21. The van der Waals surface area contributed by atoms with Crippen molar-refractivity contribution in [1.82, 2.24) is 19.7 Å². The van der Waals surface area contributed by atoms with E-state index in [0.717, 1.165) is 17.0 Å². The van der Waals surface area contributed by atoms with Crippen molar-refractivity contribution in [2.75, 3.05) is 49.7 Å². The average molecular weight is 521 g/mol. The molecule has 3 heterocycles. The Morgan fingerprint density at radius 2 is 1.89 bits per heavy atom. The lowest BCUT2D eigenvalue weighted by molar-refractivity contribution is 0.155. The number of nitrogens with zero attached hydrogens (tertiary/aromatic N) is 5. The molecule has 0 unspecified atom stereocenters. The Balaban J connectivity index is 1.49. The molecule has 0 fully saturated rings. The lowest BCUT2D eigenvalue weighted by Gasteiger charge is -2.26. The van der Waals surface area contributed by atoms with Crippen LogP contribution in [0.3, 0.4) is 0 Å². The molecule has 3 aromatic rings. The molecule has 0 bridgehead atoms. The standard InChI is InChI=1S/C23H26F2N6O4S/c1-3-29(23(33)35-12-7-27-22(36)34-2)15-13-17(24)19(18(25)14-15)28-8-10-30-20-16(5-4-6-26-20)21(32)31(30)11-9-28/h4-6,13-14H,3,7-12H2,1-2H3,(H,27,36). The van der Waals surface area contributed by atoms with E-state index in [-0.39, 0.29) is 61.4 Å². The number of ether oxygens (including phenoxy) is 2. The van der Waals surface area contributed by atoms with E-state index in [1.54, 1.807) is 39.5 Å². The number of carbonyl (C=O) groups is 1. The number of hydrogen-bond acceptors (Lipinski definition) is 7. The fraction of sp³-hybridized carbons (Fsp3) is 0.391. The second-order valence-electron chi connectivity index (χ2n) is 7.95. The van der Waals surface area contributed by atoms with E-state index in [0.29, 0.717) is 17.6 Å². The zero-order valence-corrected chi connectivity index (χ0v) is 20.7. The van der Waals surface area contributed by atoms with Crippen molar-refractivity contribution >= 4 is 45.9 Å². The Morgan fingerprint density at radius 3 is 2.56 bits per heavy atom. The molecule has 0 saturated heterocycles. The minimum absolute atomic E-state index is 0.0145. The number of benzene rings is 1. The maximum absolute atomic E-state index is 15.2. The average Bonchev–Trinajstić information content (AvgIpc) is 2.99. The van der Waals surface area contributed by atoms with Gasteiger partial charge in [0.2, 0.25) is 0 Å². The van der Waals surface area contributed by atoms with Crippen LogP contribution in [-0.4, -0.2) is 65.5 Å². The highest BCUT2D eigenvalue weighted by Gasteiger charge is 2.25. The molecule has 2 aromatic heterocycles. The largest absolute Gasteiger partial charge is 0.474 e. The molecule has 0 atom stereocenters. The summed E-state index contributed by atoms with van der Waals surface area (Å²) in [6.45, 7) is 3.07. The summed E-state index contributed by atoms with van der Waals surface area (Å²) >= 11 is 4.84. The van der Waals surface area contributed by atoms with Gasteiger partial charge in [0.1, 0.15) is 12.3 Å². The van der Waals surface area contributed by atoms with Crippen LogP contribution in [-0.2, 0) is 22.6 Å². The summed E-state index contributed by atoms with van der Waals surface area (Å²) in [6.07, 6.45) is 0.855. The second-order valence-corrected chi connectivity index (χ2v) is 8.32. The number of fused-ring (bicyclic) bond motifs is 3. The number of carbonyl (C=O) groups excluding carboxylic acids is 1. The van der Waals surface area contributed by atoms with Gasteiger partial charge in [-0.1, -0.05) is 0 Å². The van der Waals surface area contributed by atoms with Crippen LogP contribution in [0.25, 0.3) is 11.0 Å². The van der Waals surface area contributed by atoms with Crippen LogP contribution in [0, 0.1) is 11.6 Å². The number of amides is 1. The van der Waals surface area contributed by atoms with Gasteiger partial charge in [-0.05, 0) is 31.3 Å². The molecule has 0 aliphatic carbocycles. The molecular weight excluding hydrogens is 494 g/mol. The number of nitrogens with one attached hydrogen (secondary N) is 1. The van der Waals surface area contributed by atoms with Crippen LogP contribution in [0.15, 0.2) is 35.3 Å². The number of pyridine rings is 1. The molecule has 1 N–H and O–H groups in total. The van der Waals surface area contributed by atoms with Gasteiger partial charge in [0, 0.05) is 38.0 Å². The van der Waals surface area contributed by atoms with Crippen molar-refractivity contribution in [2.24, 2.45) is 0 Å². The van der Waals surface area contributed by atoms with Gasteiger partial charge in [-0.15, -0.1) is 0 Å². The Labute approximate surface area is 211 Å². The summed E-state index contributed by atoms with van der Waals surface area (Å²) in [5, 5.41) is 3.40. The molecule has 0 radical (unpaired) electrons. The van der Waals surface area contributed by atoms with E-state index in [1.165, 1.54) is 7.11 Å². The molecule has 1 aromatic carbocycles. The Morgan fingerprint density at radius 1 is 1.19 bits per heavy atom. The monoisotopic (exact) mass is 520 g/mol. The molecular formula is C23H26F2N6O4S. The van der Waals surface area contributed by atoms with Crippen LogP contribution >= 0.6 is 12.2 Å². The van der Waals surface area contributed by atoms with E-state index in [1.807, 2.05) is 0 Å². The number of hydrogen-bond donors (Lipinski definition) is 1. The minimum Gasteiger partial charge on any atom is -0.474 e. The fourth-order valence-corrected chi connectivity index (χ4v) is 4.32. The number of aromatic nitrogens is 3. The normalized spacial score (nSPS) is 13.2. The van der Waals surface area contributed by atoms with E-state index in [2.05, 4.69) is 10.3 Å². The van der Waals surface area contributed by atoms with Crippen LogP contribution in [0.4, 0.5) is 25.0 Å². The first-order chi connectivity index (χ1) is 17.3. The molecule has 4 rings (SSSR count). The number of anilines is 2. The van der Waals surface area contributed by atoms with Gasteiger partial charge >= 0.3 is 6.09 Å². The van der Waals surface area contributed by atoms with Crippen LogP contribution in [0.2, 0.25) is 0 Å². The molecule has 1 aliphatic heterocycles. The number of halogens is 2. The van der Waals surface area contributed by atoms with E-state index in [9.17, 15) is 9.59 Å². The van der Waals surface area contributed by atoms with Gasteiger partial charge < -0.3 is 19.7 Å². The van der Waals surface area contributed by atoms with Crippen LogP contribution < -0.4 is 20.7 Å². The molecule has 0 saturated carbocycles. The maximum atomic E-state index is 15.2. The lowest BCUT2D eigenvalue weighted by Crippen LogP contribution is -2.35. The van der Waals surface area contributed by atoms with Crippen molar-refractivity contribution in [3.63, 3.8) is 0 Å². The first-order valence-corrected chi connectivity index (χ1v) is 11.8. The first-order valence-electron chi connectivity index (χ1n) is 11.4. The van der Waals surface area contributed by atoms with Gasteiger partial charge in [-0.25, -0.2) is 23.2 Å². The Hall–Kier alpha value is -3.74. The molecule has 36 heavy (non-hydrogen) atoms. The summed E-state index contributed by atoms with van der Waals surface area (Å²) < 4.78 is 43.7. The summed E-state index contributed by atoms with van der Waals surface area (Å²) in [5.74, 6) is -1.63. The van der Waals surface area contributed by atoms with Gasteiger partial charge in [0.25, 0.3) is 10.7 Å². The first kappa shape index (κ1) is 25.4. The van der Waals surface area contributed by atoms with Gasteiger partial charge in [0.05, 0.1) is 37.8 Å². The SMILES string of the molecule is CCN(C(=O)OCCNC(=S)OC)c1cc(F)c(N2CCn3c(=O)c4cccnc4n3CC2)c(F)c1. The Bertz CT molecular complexity index is 1320. The predicted octanol–water partition coefficient (Wildman–Crippen LogP) is 2.48. The Kier molecular flexibility index (Phi) is 7.67. The van der Waals surface area contributed by atoms with Crippen molar-refractivity contribution < 1.29 is 23.0 Å². The van der Waals surface area contributed by atoms with Crippen molar-refractivity contribution in [3.05, 3.63) is 52.5 Å². The molecule has 10 nitrogen and oxygen atoms in total. The van der Waals surface area contributed by atoms with Gasteiger partial charge in [-0.3, -0.25) is 14.4 Å². The van der Waals surface area contributed by atoms with Gasteiger partial charge in [0.15, 0.2) is 17.3 Å². The number of methoxy groups -OCH3 is 1. The van der Waals surface area contributed by atoms with E-state index < -0.39 is 17.7 Å². The van der Waals surface area contributed by atoms with Crippen molar-refractivity contribution in [3.8, 4) is 0 Å². The quantitative estimate of drug-likeness (QED) is 0.392. The highest BCUT2D eigenvalue weighted by atomic mass is 32.1. The summed E-state index contributed by atoms with van der Waals surface area (Å²) in [6, 6.07) is 5.63. The minimum atomic E-state index is -0.815. The predicted molar refractivity (Wildman–Crippen MR) is 135 cm³/mol. The second kappa shape index (κ2) is 10.9. The topological polar surface area (TPSA) is 93.9 Å². The summed E-state index contributed by atoms with van der Waals surface area (Å²) in [5.41, 5.74) is 0.176. The molecule has 192 valence electrons. The van der Waals surface area contributed by atoms with E-state index in [4.69, 9.17) is 21.7 Å². The lowest BCUT2D eigenvalue weighted by atomic mass is 10.2. The molecule has 1 amide bonds. The highest BCUT2D eigenvalue weighted by Crippen LogP contribution is 2.30. The third kappa shape index (κ3) is 4.96. The van der Waals surface area contributed by atoms with Crippen molar-refractivity contribution in [1.29, 1.82) is 0 Å². The highest BCUT2D eigenvalue weighted by molar-refractivity contribution is 7.80.